The second kappa shape index (κ2) is 6.54. The summed E-state index contributed by atoms with van der Waals surface area (Å²) in [5, 5.41) is 0. The topological polar surface area (TPSA) is 58.6 Å². The number of ether oxygens (including phenoxy) is 1. The van der Waals surface area contributed by atoms with E-state index in [2.05, 4.69) is 9.97 Å². The smallest absolute Gasteiger partial charge is 0.264 e. The van der Waals surface area contributed by atoms with Crippen LogP contribution in [0.4, 0.5) is 5.82 Å². The maximum Gasteiger partial charge on any atom is 0.264 e. The number of carbonyl (C=O) groups excluding carboxylic acids is 1. The molecule has 1 atom stereocenters. The summed E-state index contributed by atoms with van der Waals surface area (Å²) in [5.41, 5.74) is 0. The monoisotopic (exact) mass is 332 g/mol. The summed E-state index contributed by atoms with van der Waals surface area (Å²) in [4.78, 5) is 26.5. The van der Waals surface area contributed by atoms with Crippen molar-refractivity contribution in [3.05, 3.63) is 34.3 Å². The highest BCUT2D eigenvalue weighted by Gasteiger charge is 2.29. The van der Waals surface area contributed by atoms with Crippen LogP contribution in [0, 0.1) is 6.92 Å². The zero-order valence-electron chi connectivity index (χ0n) is 13.5. The molecule has 23 heavy (non-hydrogen) atoms. The number of thiophene rings is 1. The fraction of sp³-hybridized carbons (Fsp3) is 0.438. The Balaban J connectivity index is 1.62. The number of aromatic nitrogens is 2. The average molecular weight is 332 g/mol. The van der Waals surface area contributed by atoms with Gasteiger partial charge in [0.2, 0.25) is 5.88 Å². The summed E-state index contributed by atoms with van der Waals surface area (Å²) in [5.74, 6) is 1.44. The Morgan fingerprint density at radius 3 is 2.91 bits per heavy atom. The van der Waals surface area contributed by atoms with Gasteiger partial charge in [0.1, 0.15) is 18.2 Å². The van der Waals surface area contributed by atoms with Gasteiger partial charge >= 0.3 is 0 Å². The zero-order valence-corrected chi connectivity index (χ0v) is 14.3. The lowest BCUT2D eigenvalue weighted by atomic mass is 10.3. The lowest BCUT2D eigenvalue weighted by Crippen LogP contribution is -2.30. The number of nitrogens with zero attached hydrogens (tertiary/aromatic N) is 4. The van der Waals surface area contributed by atoms with Crippen molar-refractivity contribution in [1.82, 2.24) is 14.9 Å². The molecular formula is C16H20N4O2S. The van der Waals surface area contributed by atoms with Crippen LogP contribution in [-0.4, -0.2) is 54.1 Å². The van der Waals surface area contributed by atoms with Crippen molar-refractivity contribution in [2.24, 2.45) is 0 Å². The zero-order chi connectivity index (χ0) is 16.4. The number of aryl methyl sites for hydroxylation is 1. The molecule has 0 N–H and O–H groups in total. The van der Waals surface area contributed by atoms with Gasteiger partial charge in [-0.25, -0.2) is 9.97 Å². The summed E-state index contributed by atoms with van der Waals surface area (Å²) in [7, 11) is 3.84. The third-order valence-electron chi connectivity index (χ3n) is 3.76. The molecule has 0 unspecified atom stereocenters. The minimum Gasteiger partial charge on any atom is -0.472 e. The molecule has 1 aliphatic rings. The van der Waals surface area contributed by atoms with E-state index in [1.54, 1.807) is 0 Å². The van der Waals surface area contributed by atoms with Gasteiger partial charge in [-0.1, -0.05) is 0 Å². The Kier molecular flexibility index (Phi) is 4.47. The first kappa shape index (κ1) is 15.7. The second-order valence-electron chi connectivity index (χ2n) is 5.80. The summed E-state index contributed by atoms with van der Waals surface area (Å²) >= 11 is 1.53. The van der Waals surface area contributed by atoms with E-state index in [-0.39, 0.29) is 12.0 Å². The van der Waals surface area contributed by atoms with Gasteiger partial charge in [-0.05, 0) is 19.1 Å². The molecule has 7 heteroatoms. The molecule has 1 saturated heterocycles. The first-order valence-electron chi connectivity index (χ1n) is 7.54. The van der Waals surface area contributed by atoms with Crippen molar-refractivity contribution < 1.29 is 9.53 Å². The van der Waals surface area contributed by atoms with Gasteiger partial charge in [-0.2, -0.15) is 0 Å². The summed E-state index contributed by atoms with van der Waals surface area (Å²) in [6.07, 6.45) is 2.29. The van der Waals surface area contributed by atoms with Crippen LogP contribution in [0.1, 0.15) is 21.0 Å². The number of likely N-dealkylation sites (tertiary alicyclic amines) is 1. The molecule has 1 aliphatic heterocycles. The molecule has 3 rings (SSSR count). The Bertz CT molecular complexity index is 701. The van der Waals surface area contributed by atoms with Crippen LogP contribution < -0.4 is 9.64 Å². The largest absolute Gasteiger partial charge is 0.472 e. The number of amides is 1. The number of rotatable bonds is 4. The molecule has 2 aromatic rings. The molecule has 1 amide bonds. The fourth-order valence-corrected chi connectivity index (χ4v) is 3.36. The molecule has 122 valence electrons. The number of hydrogen-bond acceptors (Lipinski definition) is 6. The molecule has 2 aromatic heterocycles. The Morgan fingerprint density at radius 1 is 1.39 bits per heavy atom. The minimum absolute atomic E-state index is 0.0232. The first-order chi connectivity index (χ1) is 11.0. The second-order valence-corrected chi connectivity index (χ2v) is 7.09. The molecule has 0 aromatic carbocycles. The lowest BCUT2D eigenvalue weighted by Gasteiger charge is -2.17. The average Bonchev–Trinajstić information content (AvgIpc) is 3.16. The molecule has 1 fully saturated rings. The standard InChI is InChI=1S/C16H20N4O2S/c1-11-4-5-13(23-11)16(21)20-7-6-12(9-20)22-15-8-14(19(2)3)17-10-18-15/h4-5,8,10,12H,6-7,9H2,1-3H3/t12-/m0/s1. The van der Waals surface area contributed by atoms with Crippen LogP contribution in [0.5, 0.6) is 5.88 Å². The maximum absolute atomic E-state index is 12.5. The molecule has 3 heterocycles. The van der Waals surface area contributed by atoms with Crippen molar-refractivity contribution in [3.8, 4) is 5.88 Å². The van der Waals surface area contributed by atoms with Crippen LogP contribution in [0.3, 0.4) is 0 Å². The maximum atomic E-state index is 12.5. The number of hydrogen-bond donors (Lipinski definition) is 0. The van der Waals surface area contributed by atoms with E-state index >= 15 is 0 Å². The van der Waals surface area contributed by atoms with Gasteiger partial charge < -0.3 is 14.5 Å². The summed E-state index contributed by atoms with van der Waals surface area (Å²) in [6.45, 7) is 3.32. The highest BCUT2D eigenvalue weighted by molar-refractivity contribution is 7.13. The van der Waals surface area contributed by atoms with Crippen molar-refractivity contribution in [2.75, 3.05) is 32.1 Å². The van der Waals surface area contributed by atoms with E-state index in [9.17, 15) is 4.79 Å². The molecule has 0 spiro atoms. The predicted molar refractivity (Wildman–Crippen MR) is 90.4 cm³/mol. The lowest BCUT2D eigenvalue weighted by molar-refractivity contribution is 0.0776. The molecule has 6 nitrogen and oxygen atoms in total. The van der Waals surface area contributed by atoms with Crippen molar-refractivity contribution in [2.45, 2.75) is 19.4 Å². The van der Waals surface area contributed by atoms with Crippen molar-refractivity contribution in [3.63, 3.8) is 0 Å². The van der Waals surface area contributed by atoms with Crippen LogP contribution in [0.15, 0.2) is 24.5 Å². The molecular weight excluding hydrogens is 312 g/mol. The van der Waals surface area contributed by atoms with Crippen LogP contribution >= 0.6 is 11.3 Å². The van der Waals surface area contributed by atoms with Crippen molar-refractivity contribution in [1.29, 1.82) is 0 Å². The van der Waals surface area contributed by atoms with E-state index in [0.29, 0.717) is 19.0 Å². The van der Waals surface area contributed by atoms with E-state index in [4.69, 9.17) is 4.74 Å². The Labute approximate surface area is 139 Å². The highest BCUT2D eigenvalue weighted by atomic mass is 32.1. The normalized spacial score (nSPS) is 17.3. The number of anilines is 1. The van der Waals surface area contributed by atoms with Gasteiger partial charge in [0.05, 0.1) is 11.4 Å². The molecule has 0 saturated carbocycles. The molecule has 0 aliphatic carbocycles. The minimum atomic E-state index is -0.0232. The summed E-state index contributed by atoms with van der Waals surface area (Å²) < 4.78 is 5.92. The third-order valence-corrected chi connectivity index (χ3v) is 4.75. The van der Waals surface area contributed by atoms with Gasteiger partial charge in [0, 0.05) is 38.0 Å². The first-order valence-corrected chi connectivity index (χ1v) is 8.36. The van der Waals surface area contributed by atoms with E-state index < -0.39 is 0 Å². The van der Waals surface area contributed by atoms with Crippen LogP contribution in [0.25, 0.3) is 0 Å². The Hall–Kier alpha value is -2.15. The number of carbonyl (C=O) groups is 1. The van der Waals surface area contributed by atoms with Gasteiger partial charge in [0.25, 0.3) is 5.91 Å². The SMILES string of the molecule is Cc1ccc(C(=O)N2CC[C@H](Oc3cc(N(C)C)ncn3)C2)s1. The molecule has 0 radical (unpaired) electrons. The predicted octanol–water partition coefficient (Wildman–Crippen LogP) is 2.21. The van der Waals surface area contributed by atoms with Gasteiger partial charge in [-0.3, -0.25) is 4.79 Å². The van der Waals surface area contributed by atoms with E-state index in [1.165, 1.54) is 17.7 Å². The molecule has 0 bridgehead atoms. The van der Waals surface area contributed by atoms with Crippen molar-refractivity contribution >= 4 is 23.1 Å². The summed E-state index contributed by atoms with van der Waals surface area (Å²) in [6, 6.07) is 5.68. The van der Waals surface area contributed by atoms with E-state index in [0.717, 1.165) is 22.0 Å². The quantitative estimate of drug-likeness (QED) is 0.859. The van der Waals surface area contributed by atoms with Crippen LogP contribution in [-0.2, 0) is 0 Å². The van der Waals surface area contributed by atoms with Gasteiger partial charge in [0.15, 0.2) is 0 Å². The Morgan fingerprint density at radius 2 is 2.22 bits per heavy atom. The van der Waals surface area contributed by atoms with Gasteiger partial charge in [-0.15, -0.1) is 11.3 Å². The highest BCUT2D eigenvalue weighted by Crippen LogP contribution is 2.23. The van der Waals surface area contributed by atoms with E-state index in [1.807, 2.05) is 49.0 Å². The third kappa shape index (κ3) is 3.61. The fourth-order valence-electron chi connectivity index (χ4n) is 2.52. The van der Waals surface area contributed by atoms with Crippen LogP contribution in [0.2, 0.25) is 0 Å².